The number of aromatic nitrogens is 2. The van der Waals surface area contributed by atoms with Gasteiger partial charge >= 0.3 is 0 Å². The average molecular weight is 501 g/mol. The number of para-hydroxylation sites is 1. The molecule has 0 bridgehead atoms. The van der Waals surface area contributed by atoms with Gasteiger partial charge in [0.05, 0.1) is 0 Å². The van der Waals surface area contributed by atoms with Crippen LogP contribution in [0.5, 0.6) is 0 Å². The summed E-state index contributed by atoms with van der Waals surface area (Å²) in [6, 6.07) is 19.0. The summed E-state index contributed by atoms with van der Waals surface area (Å²) in [7, 11) is 0. The van der Waals surface area contributed by atoms with Crippen molar-refractivity contribution in [2.45, 2.75) is 51.5 Å². The van der Waals surface area contributed by atoms with Gasteiger partial charge in [-0.25, -0.2) is 0 Å². The number of H-pyrrole nitrogens is 1. The molecule has 37 heavy (non-hydrogen) atoms. The van der Waals surface area contributed by atoms with E-state index >= 15 is 0 Å². The molecule has 3 N–H and O–H groups in total. The number of rotatable bonds is 13. The van der Waals surface area contributed by atoms with Crippen molar-refractivity contribution in [3.8, 4) is 11.3 Å². The summed E-state index contributed by atoms with van der Waals surface area (Å²) in [5.74, 6) is -0.550. The second kappa shape index (κ2) is 12.7. The van der Waals surface area contributed by atoms with E-state index in [1.807, 2.05) is 36.4 Å². The monoisotopic (exact) mass is 500 g/mol. The molecule has 0 aliphatic heterocycles. The van der Waals surface area contributed by atoms with Gasteiger partial charge in [-0.15, -0.1) is 0 Å². The second-order valence-electron chi connectivity index (χ2n) is 9.14. The fourth-order valence-electron chi connectivity index (χ4n) is 4.47. The SMILES string of the molecule is CC(=O)CCCCC[C@H](NC(=O)c1ccon1)C(=O)NCCc1c(-c2ccccc2)[nH]c2ccccc12. The molecule has 0 aliphatic rings. The molecule has 2 heterocycles. The zero-order valence-electron chi connectivity index (χ0n) is 21.0. The molecule has 2 amide bonds. The molecule has 0 fully saturated rings. The molecule has 0 saturated carbocycles. The van der Waals surface area contributed by atoms with Crippen molar-refractivity contribution in [1.29, 1.82) is 0 Å². The van der Waals surface area contributed by atoms with Crippen LogP contribution in [-0.4, -0.2) is 40.3 Å². The van der Waals surface area contributed by atoms with Crippen LogP contribution in [0.1, 0.15) is 55.1 Å². The summed E-state index contributed by atoms with van der Waals surface area (Å²) < 4.78 is 4.76. The normalized spacial score (nSPS) is 11.8. The Balaban J connectivity index is 1.42. The molecule has 1 atom stereocenters. The maximum atomic E-state index is 13.1. The van der Waals surface area contributed by atoms with E-state index in [1.54, 1.807) is 6.92 Å². The molecule has 0 spiro atoms. The van der Waals surface area contributed by atoms with Gasteiger partial charge in [0.15, 0.2) is 5.69 Å². The van der Waals surface area contributed by atoms with Crippen molar-refractivity contribution in [2.75, 3.05) is 6.54 Å². The van der Waals surface area contributed by atoms with Crippen LogP contribution in [0.4, 0.5) is 0 Å². The van der Waals surface area contributed by atoms with Crippen molar-refractivity contribution in [2.24, 2.45) is 0 Å². The molecule has 0 saturated heterocycles. The summed E-state index contributed by atoms with van der Waals surface area (Å²) in [4.78, 5) is 40.4. The predicted octanol–water partition coefficient (Wildman–Crippen LogP) is 4.82. The summed E-state index contributed by atoms with van der Waals surface area (Å²) in [5, 5.41) is 10.6. The van der Waals surface area contributed by atoms with E-state index in [9.17, 15) is 14.4 Å². The predicted molar refractivity (Wildman–Crippen MR) is 142 cm³/mol. The van der Waals surface area contributed by atoms with Gasteiger partial charge < -0.3 is 24.9 Å². The minimum absolute atomic E-state index is 0.126. The van der Waals surface area contributed by atoms with Gasteiger partial charge in [0.2, 0.25) is 5.91 Å². The topological polar surface area (TPSA) is 117 Å². The van der Waals surface area contributed by atoms with E-state index in [0.717, 1.165) is 40.6 Å². The first-order valence-electron chi connectivity index (χ1n) is 12.7. The molecule has 2 aromatic heterocycles. The molecule has 0 unspecified atom stereocenters. The Kier molecular flexibility index (Phi) is 8.86. The van der Waals surface area contributed by atoms with E-state index in [2.05, 4.69) is 39.0 Å². The number of nitrogens with zero attached hydrogens (tertiary/aromatic N) is 1. The van der Waals surface area contributed by atoms with E-state index < -0.39 is 11.9 Å². The van der Waals surface area contributed by atoms with E-state index in [-0.39, 0.29) is 17.4 Å². The second-order valence-corrected chi connectivity index (χ2v) is 9.14. The van der Waals surface area contributed by atoms with Gasteiger partial charge in [-0.3, -0.25) is 9.59 Å². The highest BCUT2D eigenvalue weighted by Crippen LogP contribution is 2.30. The average Bonchev–Trinajstić information content (AvgIpc) is 3.57. The number of benzene rings is 2. The number of fused-ring (bicyclic) bond motifs is 1. The van der Waals surface area contributed by atoms with Crippen LogP contribution < -0.4 is 10.6 Å². The summed E-state index contributed by atoms with van der Waals surface area (Å²) in [5.41, 5.74) is 4.43. The number of carbonyl (C=O) groups is 3. The number of amides is 2. The highest BCUT2D eigenvalue weighted by atomic mass is 16.5. The van der Waals surface area contributed by atoms with Gasteiger partial charge in [-0.2, -0.15) is 0 Å². The van der Waals surface area contributed by atoms with Crippen LogP contribution in [0.25, 0.3) is 22.2 Å². The third-order valence-electron chi connectivity index (χ3n) is 6.36. The number of carbonyl (C=O) groups excluding carboxylic acids is 3. The fraction of sp³-hybridized carbons (Fsp3) is 0.310. The Morgan fingerprint density at radius 3 is 2.51 bits per heavy atom. The molecule has 4 rings (SSSR count). The van der Waals surface area contributed by atoms with E-state index in [1.165, 1.54) is 12.3 Å². The Hall–Kier alpha value is -4.20. The fourth-order valence-corrected chi connectivity index (χ4v) is 4.47. The number of ketones is 1. The summed E-state index contributed by atoms with van der Waals surface area (Å²) >= 11 is 0. The first-order chi connectivity index (χ1) is 18.0. The molecule has 0 radical (unpaired) electrons. The van der Waals surface area contributed by atoms with Crippen LogP contribution in [-0.2, 0) is 16.0 Å². The van der Waals surface area contributed by atoms with Crippen LogP contribution in [0.15, 0.2) is 71.4 Å². The zero-order valence-corrected chi connectivity index (χ0v) is 21.0. The standard InChI is InChI=1S/C29H32N4O4/c1-20(34)10-4-2-7-15-25(32-29(36)26-17-19-37-33-26)28(35)30-18-16-23-22-13-8-9-14-24(22)31-27(23)21-11-5-3-6-12-21/h3,5-6,8-9,11-14,17,19,25,31H,2,4,7,10,15-16,18H2,1H3,(H,30,35)(H,32,36)/t25-/m0/s1. The lowest BCUT2D eigenvalue weighted by Gasteiger charge is -2.18. The van der Waals surface area contributed by atoms with Gasteiger partial charge in [-0.05, 0) is 43.4 Å². The highest BCUT2D eigenvalue weighted by molar-refractivity contribution is 5.96. The minimum atomic E-state index is -0.710. The lowest BCUT2D eigenvalue weighted by atomic mass is 10.0. The molecule has 2 aromatic carbocycles. The zero-order chi connectivity index (χ0) is 26.0. The number of Topliss-reactive ketones (excluding diaryl/α,β-unsaturated/α-hetero) is 1. The maximum absolute atomic E-state index is 13.1. The number of unbranched alkanes of at least 4 members (excludes halogenated alkanes) is 2. The van der Waals surface area contributed by atoms with Crippen LogP contribution >= 0.6 is 0 Å². The molecular weight excluding hydrogens is 468 g/mol. The Labute approximate surface area is 215 Å². The molecular formula is C29H32N4O4. The molecule has 0 aliphatic carbocycles. The molecule has 4 aromatic rings. The van der Waals surface area contributed by atoms with Crippen molar-refractivity contribution >= 4 is 28.5 Å². The van der Waals surface area contributed by atoms with E-state index in [4.69, 9.17) is 4.52 Å². The summed E-state index contributed by atoms with van der Waals surface area (Å²) in [6.07, 6.45) is 5.22. The van der Waals surface area contributed by atoms with Gasteiger partial charge in [0.1, 0.15) is 18.1 Å². The Morgan fingerprint density at radius 2 is 1.76 bits per heavy atom. The Bertz CT molecular complexity index is 1330. The maximum Gasteiger partial charge on any atom is 0.274 e. The lowest BCUT2D eigenvalue weighted by molar-refractivity contribution is -0.123. The Morgan fingerprint density at radius 1 is 0.973 bits per heavy atom. The molecule has 8 nitrogen and oxygen atoms in total. The number of hydrogen-bond donors (Lipinski definition) is 3. The van der Waals surface area contributed by atoms with E-state index in [0.29, 0.717) is 32.2 Å². The van der Waals surface area contributed by atoms with Crippen molar-refractivity contribution in [1.82, 2.24) is 20.8 Å². The van der Waals surface area contributed by atoms with Gasteiger partial charge in [0, 0.05) is 35.6 Å². The van der Waals surface area contributed by atoms with Crippen LogP contribution in [0.2, 0.25) is 0 Å². The van der Waals surface area contributed by atoms with Crippen LogP contribution in [0, 0.1) is 0 Å². The minimum Gasteiger partial charge on any atom is -0.364 e. The first kappa shape index (κ1) is 25.9. The van der Waals surface area contributed by atoms with Crippen molar-refractivity contribution in [3.63, 3.8) is 0 Å². The number of aromatic amines is 1. The smallest absolute Gasteiger partial charge is 0.274 e. The van der Waals surface area contributed by atoms with Crippen molar-refractivity contribution in [3.05, 3.63) is 78.2 Å². The number of nitrogens with one attached hydrogen (secondary N) is 3. The van der Waals surface area contributed by atoms with Crippen molar-refractivity contribution < 1.29 is 18.9 Å². The van der Waals surface area contributed by atoms with Gasteiger partial charge in [0.25, 0.3) is 5.91 Å². The largest absolute Gasteiger partial charge is 0.364 e. The highest BCUT2D eigenvalue weighted by Gasteiger charge is 2.22. The quantitative estimate of drug-likeness (QED) is 0.228. The summed E-state index contributed by atoms with van der Waals surface area (Å²) in [6.45, 7) is 1.99. The first-order valence-corrected chi connectivity index (χ1v) is 12.7. The molecule has 8 heteroatoms. The third-order valence-corrected chi connectivity index (χ3v) is 6.36. The van der Waals surface area contributed by atoms with Gasteiger partial charge in [-0.1, -0.05) is 66.5 Å². The number of hydrogen-bond acceptors (Lipinski definition) is 5. The van der Waals surface area contributed by atoms with Crippen LogP contribution in [0.3, 0.4) is 0 Å². The third kappa shape index (κ3) is 6.94. The lowest BCUT2D eigenvalue weighted by Crippen LogP contribution is -2.47. The molecule has 192 valence electrons.